The number of ether oxygens (including phenoxy) is 1. The van der Waals surface area contributed by atoms with E-state index in [2.05, 4.69) is 10.6 Å². The van der Waals surface area contributed by atoms with Gasteiger partial charge in [-0.05, 0) is 77.6 Å². The lowest BCUT2D eigenvalue weighted by atomic mass is 9.81. The standard InChI is InChI=1S/C20H30N2O3/c1-5-25-17-12-10-16(11-13-17)21-18(23)14-6-8-15(9-7-14)19(24)22-20(2,3)4/h10-15H,5-9H2,1-4H3,(H,21,23)(H,22,24). The van der Waals surface area contributed by atoms with E-state index >= 15 is 0 Å². The molecule has 138 valence electrons. The summed E-state index contributed by atoms with van der Waals surface area (Å²) in [5.41, 5.74) is 0.569. The molecule has 2 N–H and O–H groups in total. The first kappa shape index (κ1) is 19.3. The van der Waals surface area contributed by atoms with Crippen molar-refractivity contribution in [1.29, 1.82) is 0 Å². The Morgan fingerprint density at radius 3 is 2.00 bits per heavy atom. The number of amides is 2. The first-order valence-electron chi connectivity index (χ1n) is 9.14. The van der Waals surface area contributed by atoms with E-state index in [4.69, 9.17) is 4.74 Å². The Bertz CT molecular complexity index is 582. The SMILES string of the molecule is CCOc1ccc(NC(=O)C2CCC(C(=O)NC(C)(C)C)CC2)cc1. The molecule has 2 rings (SSSR count). The largest absolute Gasteiger partial charge is 0.494 e. The van der Waals surface area contributed by atoms with Gasteiger partial charge in [-0.2, -0.15) is 0 Å². The van der Waals surface area contributed by atoms with Gasteiger partial charge in [0.25, 0.3) is 0 Å². The minimum absolute atomic E-state index is 0.0220. The van der Waals surface area contributed by atoms with Gasteiger partial charge in [-0.1, -0.05) is 0 Å². The first-order valence-corrected chi connectivity index (χ1v) is 9.14. The molecule has 0 aromatic heterocycles. The third-order valence-corrected chi connectivity index (χ3v) is 4.40. The van der Waals surface area contributed by atoms with Crippen LogP contribution in [-0.2, 0) is 9.59 Å². The van der Waals surface area contributed by atoms with Crippen molar-refractivity contribution < 1.29 is 14.3 Å². The lowest BCUT2D eigenvalue weighted by molar-refractivity contribution is -0.129. The monoisotopic (exact) mass is 346 g/mol. The molecule has 0 aliphatic heterocycles. The number of anilines is 1. The summed E-state index contributed by atoms with van der Waals surface area (Å²) in [5, 5.41) is 6.01. The van der Waals surface area contributed by atoms with Crippen LogP contribution in [0.25, 0.3) is 0 Å². The minimum atomic E-state index is -0.209. The summed E-state index contributed by atoms with van der Waals surface area (Å²) in [5.74, 6) is 0.946. The Kier molecular flexibility index (Phi) is 6.45. The van der Waals surface area contributed by atoms with Crippen LogP contribution in [0.2, 0.25) is 0 Å². The highest BCUT2D eigenvalue weighted by Crippen LogP contribution is 2.30. The molecule has 0 spiro atoms. The fourth-order valence-electron chi connectivity index (χ4n) is 3.13. The molecule has 1 aliphatic rings. The van der Waals surface area contributed by atoms with Crippen LogP contribution in [0.15, 0.2) is 24.3 Å². The molecule has 0 unspecified atom stereocenters. The van der Waals surface area contributed by atoms with Gasteiger partial charge in [0.15, 0.2) is 0 Å². The van der Waals surface area contributed by atoms with E-state index in [1.807, 2.05) is 52.0 Å². The molecule has 5 nitrogen and oxygen atoms in total. The zero-order chi connectivity index (χ0) is 18.4. The second kappa shape index (κ2) is 8.37. The predicted octanol–water partition coefficient (Wildman–Crippen LogP) is 3.74. The molecule has 1 aliphatic carbocycles. The van der Waals surface area contributed by atoms with Crippen molar-refractivity contribution in [2.24, 2.45) is 11.8 Å². The first-order chi connectivity index (χ1) is 11.8. The number of carbonyl (C=O) groups excluding carboxylic acids is 2. The van der Waals surface area contributed by atoms with Crippen LogP contribution in [0, 0.1) is 11.8 Å². The van der Waals surface area contributed by atoms with Crippen molar-refractivity contribution in [1.82, 2.24) is 5.32 Å². The molecule has 2 amide bonds. The van der Waals surface area contributed by atoms with Gasteiger partial charge in [-0.25, -0.2) is 0 Å². The molecule has 1 aromatic rings. The topological polar surface area (TPSA) is 67.4 Å². The van der Waals surface area contributed by atoms with E-state index in [0.29, 0.717) is 6.61 Å². The van der Waals surface area contributed by atoms with Gasteiger partial charge in [0.1, 0.15) is 5.75 Å². The van der Waals surface area contributed by atoms with E-state index in [-0.39, 0.29) is 29.2 Å². The zero-order valence-electron chi connectivity index (χ0n) is 15.7. The van der Waals surface area contributed by atoms with Crippen molar-refractivity contribution in [3.05, 3.63) is 24.3 Å². The number of nitrogens with one attached hydrogen (secondary N) is 2. The van der Waals surface area contributed by atoms with Gasteiger partial charge in [0, 0.05) is 23.1 Å². The second-order valence-electron chi connectivity index (χ2n) is 7.73. The highest BCUT2D eigenvalue weighted by atomic mass is 16.5. The van der Waals surface area contributed by atoms with Crippen LogP contribution < -0.4 is 15.4 Å². The van der Waals surface area contributed by atoms with Crippen molar-refractivity contribution in [2.75, 3.05) is 11.9 Å². The lowest BCUT2D eigenvalue weighted by Crippen LogP contribution is -2.45. The highest BCUT2D eigenvalue weighted by Gasteiger charge is 2.31. The number of rotatable bonds is 5. The van der Waals surface area contributed by atoms with Crippen molar-refractivity contribution >= 4 is 17.5 Å². The van der Waals surface area contributed by atoms with Gasteiger partial charge in [-0.3, -0.25) is 9.59 Å². The quantitative estimate of drug-likeness (QED) is 0.853. The van der Waals surface area contributed by atoms with E-state index in [1.54, 1.807) is 0 Å². The summed E-state index contributed by atoms with van der Waals surface area (Å²) >= 11 is 0. The predicted molar refractivity (Wildman–Crippen MR) is 99.6 cm³/mol. The molecule has 0 atom stereocenters. The van der Waals surface area contributed by atoms with Crippen LogP contribution in [0.5, 0.6) is 5.75 Å². The summed E-state index contributed by atoms with van der Waals surface area (Å²) < 4.78 is 5.40. The lowest BCUT2D eigenvalue weighted by Gasteiger charge is -2.30. The molecular formula is C20H30N2O3. The Hall–Kier alpha value is -2.04. The average molecular weight is 346 g/mol. The molecule has 5 heteroatoms. The summed E-state index contributed by atoms with van der Waals surface area (Å²) in [6, 6.07) is 7.41. The average Bonchev–Trinajstić information content (AvgIpc) is 2.55. The molecular weight excluding hydrogens is 316 g/mol. The minimum Gasteiger partial charge on any atom is -0.494 e. The van der Waals surface area contributed by atoms with Gasteiger partial charge < -0.3 is 15.4 Å². The number of carbonyl (C=O) groups is 2. The molecule has 0 radical (unpaired) electrons. The summed E-state index contributed by atoms with van der Waals surface area (Å²) in [4.78, 5) is 24.7. The molecule has 1 aromatic carbocycles. The zero-order valence-corrected chi connectivity index (χ0v) is 15.7. The molecule has 1 saturated carbocycles. The van der Waals surface area contributed by atoms with Crippen LogP contribution in [0.1, 0.15) is 53.4 Å². The van der Waals surface area contributed by atoms with Crippen LogP contribution >= 0.6 is 0 Å². The smallest absolute Gasteiger partial charge is 0.227 e. The third kappa shape index (κ3) is 6.07. The van der Waals surface area contributed by atoms with E-state index in [1.165, 1.54) is 0 Å². The van der Waals surface area contributed by atoms with Crippen molar-refractivity contribution in [3.8, 4) is 5.75 Å². The van der Waals surface area contributed by atoms with E-state index in [0.717, 1.165) is 37.1 Å². The van der Waals surface area contributed by atoms with Crippen LogP contribution in [-0.4, -0.2) is 24.0 Å². The maximum absolute atomic E-state index is 12.4. The number of hydrogen-bond donors (Lipinski definition) is 2. The van der Waals surface area contributed by atoms with Gasteiger partial charge in [0.05, 0.1) is 6.61 Å². The number of benzene rings is 1. The van der Waals surface area contributed by atoms with Crippen molar-refractivity contribution in [2.45, 2.75) is 58.9 Å². The Labute approximate surface area is 150 Å². The fourth-order valence-corrected chi connectivity index (χ4v) is 3.13. The number of hydrogen-bond acceptors (Lipinski definition) is 3. The van der Waals surface area contributed by atoms with Gasteiger partial charge in [-0.15, -0.1) is 0 Å². The van der Waals surface area contributed by atoms with Gasteiger partial charge in [0.2, 0.25) is 11.8 Å². The summed E-state index contributed by atoms with van der Waals surface area (Å²) in [6.45, 7) is 8.52. The maximum Gasteiger partial charge on any atom is 0.227 e. The highest BCUT2D eigenvalue weighted by molar-refractivity contribution is 5.92. The molecule has 0 saturated heterocycles. The third-order valence-electron chi connectivity index (χ3n) is 4.40. The maximum atomic E-state index is 12.4. The molecule has 0 bridgehead atoms. The fraction of sp³-hybridized carbons (Fsp3) is 0.600. The van der Waals surface area contributed by atoms with Gasteiger partial charge >= 0.3 is 0 Å². The molecule has 0 heterocycles. The Morgan fingerprint density at radius 1 is 1.00 bits per heavy atom. The Balaban J connectivity index is 1.81. The molecule has 1 fully saturated rings. The summed E-state index contributed by atoms with van der Waals surface area (Å²) in [7, 11) is 0. The van der Waals surface area contributed by atoms with E-state index in [9.17, 15) is 9.59 Å². The normalized spacial score (nSPS) is 20.6. The molecule has 25 heavy (non-hydrogen) atoms. The second-order valence-corrected chi connectivity index (χ2v) is 7.73. The summed E-state index contributed by atoms with van der Waals surface area (Å²) in [6.07, 6.45) is 3.04. The van der Waals surface area contributed by atoms with Crippen LogP contribution in [0.4, 0.5) is 5.69 Å². The Morgan fingerprint density at radius 2 is 1.52 bits per heavy atom. The van der Waals surface area contributed by atoms with E-state index < -0.39 is 0 Å². The van der Waals surface area contributed by atoms with Crippen LogP contribution in [0.3, 0.4) is 0 Å². The van der Waals surface area contributed by atoms with Crippen molar-refractivity contribution in [3.63, 3.8) is 0 Å².